The Bertz CT molecular complexity index is 211. The Hall–Kier alpha value is -0.610. The third-order valence-corrected chi connectivity index (χ3v) is 2.89. The molecule has 4 nitrogen and oxygen atoms in total. The van der Waals surface area contributed by atoms with Crippen LogP contribution in [0.1, 0.15) is 26.7 Å². The minimum atomic E-state index is -0.363. The first-order chi connectivity index (χ1) is 7.03. The van der Waals surface area contributed by atoms with Crippen molar-refractivity contribution >= 4 is 5.91 Å². The van der Waals surface area contributed by atoms with E-state index in [4.69, 9.17) is 4.74 Å². The van der Waals surface area contributed by atoms with Gasteiger partial charge in [0.25, 0.3) is 0 Å². The normalized spacial score (nSPS) is 21.7. The van der Waals surface area contributed by atoms with Crippen LogP contribution in [0.5, 0.6) is 0 Å². The number of hydrogen-bond donors (Lipinski definition) is 2. The van der Waals surface area contributed by atoms with Gasteiger partial charge in [0.15, 0.2) is 0 Å². The molecule has 0 saturated carbocycles. The maximum atomic E-state index is 11.6. The monoisotopic (exact) mass is 214 g/mol. The van der Waals surface area contributed by atoms with Crippen molar-refractivity contribution in [1.29, 1.82) is 0 Å². The molecule has 2 N–H and O–H groups in total. The molecule has 15 heavy (non-hydrogen) atoms. The second-order valence-corrected chi connectivity index (χ2v) is 4.80. The summed E-state index contributed by atoms with van der Waals surface area (Å²) in [5.41, 5.74) is -0.363. The van der Waals surface area contributed by atoms with E-state index in [0.717, 1.165) is 26.1 Å². The zero-order chi connectivity index (χ0) is 11.3. The van der Waals surface area contributed by atoms with E-state index in [-0.39, 0.29) is 11.5 Å². The van der Waals surface area contributed by atoms with E-state index in [2.05, 4.69) is 10.6 Å². The van der Waals surface area contributed by atoms with Crippen LogP contribution >= 0.6 is 0 Å². The van der Waals surface area contributed by atoms with Crippen molar-refractivity contribution < 1.29 is 9.53 Å². The summed E-state index contributed by atoms with van der Waals surface area (Å²) in [6, 6.07) is 0. The van der Waals surface area contributed by atoms with Crippen LogP contribution < -0.4 is 10.6 Å². The summed E-state index contributed by atoms with van der Waals surface area (Å²) in [5.74, 6) is 0.674. The maximum Gasteiger partial charge on any atom is 0.222 e. The molecule has 0 spiro atoms. The minimum absolute atomic E-state index is 0.0775. The van der Waals surface area contributed by atoms with Crippen LogP contribution in [0.25, 0.3) is 0 Å². The molecule has 1 aliphatic heterocycles. The third kappa shape index (κ3) is 4.62. The second-order valence-electron chi connectivity index (χ2n) is 4.80. The predicted octanol–water partition coefficient (Wildman–Crippen LogP) is 0.527. The highest BCUT2D eigenvalue weighted by Crippen LogP contribution is 2.12. The Kier molecular flexibility index (Phi) is 4.54. The summed E-state index contributed by atoms with van der Waals surface area (Å²) in [4.78, 5) is 11.6. The molecule has 1 atom stereocenters. The van der Waals surface area contributed by atoms with Gasteiger partial charge in [0.05, 0.1) is 12.0 Å². The molecular formula is C11H22N2O2. The molecule has 0 aromatic heterocycles. The Morgan fingerprint density at radius 2 is 2.33 bits per heavy atom. The van der Waals surface area contributed by atoms with Crippen molar-refractivity contribution in [1.82, 2.24) is 10.6 Å². The lowest BCUT2D eigenvalue weighted by atomic mass is 10.0. The van der Waals surface area contributed by atoms with E-state index in [9.17, 15) is 4.79 Å². The molecule has 4 heteroatoms. The van der Waals surface area contributed by atoms with E-state index in [1.807, 2.05) is 13.8 Å². The Balaban J connectivity index is 2.18. The lowest BCUT2D eigenvalue weighted by Gasteiger charge is -2.22. The van der Waals surface area contributed by atoms with Gasteiger partial charge in [-0.1, -0.05) is 0 Å². The Morgan fingerprint density at radius 1 is 1.60 bits per heavy atom. The van der Waals surface area contributed by atoms with E-state index in [1.165, 1.54) is 0 Å². The van der Waals surface area contributed by atoms with Crippen molar-refractivity contribution in [3.8, 4) is 0 Å². The van der Waals surface area contributed by atoms with Gasteiger partial charge >= 0.3 is 0 Å². The maximum absolute atomic E-state index is 11.6. The lowest BCUT2D eigenvalue weighted by molar-refractivity contribution is -0.126. The molecule has 1 fully saturated rings. The van der Waals surface area contributed by atoms with Crippen LogP contribution in [0.15, 0.2) is 0 Å². The molecule has 0 aliphatic carbocycles. The number of hydrogen-bond acceptors (Lipinski definition) is 3. The van der Waals surface area contributed by atoms with Crippen LogP contribution in [-0.2, 0) is 9.53 Å². The fraction of sp³-hybridized carbons (Fsp3) is 0.909. The second kappa shape index (κ2) is 5.47. The molecule has 0 aromatic rings. The standard InChI is InChI=1S/C11H22N2O2/c1-11(2,15-3)6-10(14)13-8-9-4-5-12-7-9/h9,12H,4-8H2,1-3H3,(H,13,14). The van der Waals surface area contributed by atoms with Crippen molar-refractivity contribution in [2.45, 2.75) is 32.3 Å². The van der Waals surface area contributed by atoms with Crippen LogP contribution in [0.4, 0.5) is 0 Å². The van der Waals surface area contributed by atoms with E-state index in [0.29, 0.717) is 12.3 Å². The fourth-order valence-corrected chi connectivity index (χ4v) is 1.67. The minimum Gasteiger partial charge on any atom is -0.378 e. The Labute approximate surface area is 91.8 Å². The van der Waals surface area contributed by atoms with Gasteiger partial charge in [-0.25, -0.2) is 0 Å². The first-order valence-corrected chi connectivity index (χ1v) is 5.56. The summed E-state index contributed by atoms with van der Waals surface area (Å²) in [6.07, 6.45) is 1.58. The van der Waals surface area contributed by atoms with Gasteiger partial charge in [0, 0.05) is 13.7 Å². The molecule has 1 saturated heterocycles. The molecule has 1 unspecified atom stereocenters. The van der Waals surface area contributed by atoms with Crippen LogP contribution in [-0.4, -0.2) is 38.3 Å². The van der Waals surface area contributed by atoms with Gasteiger partial charge in [-0.15, -0.1) is 0 Å². The van der Waals surface area contributed by atoms with Gasteiger partial charge in [-0.05, 0) is 39.3 Å². The van der Waals surface area contributed by atoms with Crippen LogP contribution in [0.2, 0.25) is 0 Å². The zero-order valence-electron chi connectivity index (χ0n) is 9.93. The number of ether oxygens (including phenoxy) is 1. The largest absolute Gasteiger partial charge is 0.378 e. The lowest BCUT2D eigenvalue weighted by Crippen LogP contribution is -2.36. The number of carbonyl (C=O) groups is 1. The SMILES string of the molecule is COC(C)(C)CC(=O)NCC1CCNC1. The molecule has 1 rings (SSSR count). The first kappa shape index (κ1) is 12.5. The van der Waals surface area contributed by atoms with Gasteiger partial charge in [0.1, 0.15) is 0 Å². The fourth-order valence-electron chi connectivity index (χ4n) is 1.67. The van der Waals surface area contributed by atoms with E-state index < -0.39 is 0 Å². The molecule has 0 bridgehead atoms. The van der Waals surface area contributed by atoms with E-state index >= 15 is 0 Å². The number of carbonyl (C=O) groups excluding carboxylic acids is 1. The molecule has 1 amide bonds. The van der Waals surface area contributed by atoms with Crippen molar-refractivity contribution in [3.63, 3.8) is 0 Å². The van der Waals surface area contributed by atoms with Gasteiger partial charge < -0.3 is 15.4 Å². The summed E-state index contributed by atoms with van der Waals surface area (Å²) >= 11 is 0. The highest BCUT2D eigenvalue weighted by Gasteiger charge is 2.22. The van der Waals surface area contributed by atoms with Crippen molar-refractivity contribution in [2.75, 3.05) is 26.7 Å². The van der Waals surface area contributed by atoms with Crippen molar-refractivity contribution in [3.05, 3.63) is 0 Å². The molecule has 0 aromatic carbocycles. The average molecular weight is 214 g/mol. The van der Waals surface area contributed by atoms with Crippen LogP contribution in [0, 0.1) is 5.92 Å². The number of rotatable bonds is 5. The molecular weight excluding hydrogens is 192 g/mol. The summed E-state index contributed by atoms with van der Waals surface area (Å²) in [5, 5.41) is 6.24. The topological polar surface area (TPSA) is 50.4 Å². The van der Waals surface area contributed by atoms with Crippen molar-refractivity contribution in [2.24, 2.45) is 5.92 Å². The summed E-state index contributed by atoms with van der Waals surface area (Å²) in [6.45, 7) is 6.72. The highest BCUT2D eigenvalue weighted by molar-refractivity contribution is 5.76. The van der Waals surface area contributed by atoms with Gasteiger partial charge in [-0.3, -0.25) is 4.79 Å². The summed E-state index contributed by atoms with van der Waals surface area (Å²) in [7, 11) is 1.63. The highest BCUT2D eigenvalue weighted by atomic mass is 16.5. The third-order valence-electron chi connectivity index (χ3n) is 2.89. The summed E-state index contributed by atoms with van der Waals surface area (Å²) < 4.78 is 5.21. The number of amides is 1. The molecule has 88 valence electrons. The zero-order valence-corrected chi connectivity index (χ0v) is 9.93. The van der Waals surface area contributed by atoms with E-state index in [1.54, 1.807) is 7.11 Å². The predicted molar refractivity (Wildman–Crippen MR) is 59.7 cm³/mol. The number of nitrogens with one attached hydrogen (secondary N) is 2. The van der Waals surface area contributed by atoms with Gasteiger partial charge in [0.2, 0.25) is 5.91 Å². The number of methoxy groups -OCH3 is 1. The average Bonchev–Trinajstić information content (AvgIpc) is 2.66. The quantitative estimate of drug-likeness (QED) is 0.702. The van der Waals surface area contributed by atoms with Crippen LogP contribution in [0.3, 0.4) is 0 Å². The molecule has 0 radical (unpaired) electrons. The molecule has 1 heterocycles. The molecule has 1 aliphatic rings. The van der Waals surface area contributed by atoms with Gasteiger partial charge in [-0.2, -0.15) is 0 Å². The first-order valence-electron chi connectivity index (χ1n) is 5.56. The smallest absolute Gasteiger partial charge is 0.222 e. The Morgan fingerprint density at radius 3 is 2.87 bits per heavy atom.